The molecule has 6 N–H and O–H groups in total. The molecular weight excluding hydrogens is 260 g/mol. The van der Waals surface area contributed by atoms with Gasteiger partial charge in [0.05, 0.1) is 13.2 Å². The second-order valence-corrected chi connectivity index (χ2v) is 4.31. The summed E-state index contributed by atoms with van der Waals surface area (Å²) in [6, 6.07) is 0. The second kappa shape index (κ2) is 7.78. The van der Waals surface area contributed by atoms with E-state index in [2.05, 4.69) is 30.5 Å². The average Bonchev–Trinajstić information content (AvgIpc) is 2.51. The first-order valence-corrected chi connectivity index (χ1v) is 6.80. The molecule has 0 bridgehead atoms. The Bertz CT molecular complexity index is 383. The van der Waals surface area contributed by atoms with Gasteiger partial charge in [0.1, 0.15) is 0 Å². The summed E-state index contributed by atoms with van der Waals surface area (Å²) in [6.07, 6.45) is 0. The van der Waals surface area contributed by atoms with E-state index < -0.39 is 0 Å². The fourth-order valence-corrected chi connectivity index (χ4v) is 1.80. The molecule has 1 saturated heterocycles. The third kappa shape index (κ3) is 4.15. The zero-order valence-corrected chi connectivity index (χ0v) is 11.5. The van der Waals surface area contributed by atoms with E-state index in [4.69, 9.17) is 16.2 Å². The van der Waals surface area contributed by atoms with Crippen molar-refractivity contribution in [2.24, 2.45) is 11.5 Å². The summed E-state index contributed by atoms with van der Waals surface area (Å²) >= 11 is 0. The predicted octanol–water partition coefficient (Wildman–Crippen LogP) is -1.55. The minimum absolute atomic E-state index is 0.518. The van der Waals surface area contributed by atoms with Gasteiger partial charge in [-0.3, -0.25) is 0 Å². The fraction of sp³-hybridized carbons (Fsp3) is 0.727. The highest BCUT2D eigenvalue weighted by atomic mass is 16.5. The minimum Gasteiger partial charge on any atom is -0.378 e. The molecule has 0 amide bonds. The van der Waals surface area contributed by atoms with Gasteiger partial charge in [-0.1, -0.05) is 0 Å². The number of nitrogens with zero attached hydrogens (tertiary/aromatic N) is 4. The van der Waals surface area contributed by atoms with Gasteiger partial charge in [-0.15, -0.1) is 0 Å². The third-order valence-electron chi connectivity index (χ3n) is 2.77. The molecule has 1 aromatic heterocycles. The van der Waals surface area contributed by atoms with Crippen LogP contribution < -0.4 is 27.0 Å². The van der Waals surface area contributed by atoms with Crippen molar-refractivity contribution in [3.05, 3.63) is 0 Å². The molecule has 1 aliphatic rings. The van der Waals surface area contributed by atoms with E-state index in [9.17, 15) is 0 Å². The predicted molar refractivity (Wildman–Crippen MR) is 77.9 cm³/mol. The Morgan fingerprint density at radius 2 is 1.50 bits per heavy atom. The Kier molecular flexibility index (Phi) is 5.71. The zero-order chi connectivity index (χ0) is 14.2. The Balaban J connectivity index is 2.14. The van der Waals surface area contributed by atoms with E-state index in [-0.39, 0.29) is 0 Å². The number of hydrogen-bond donors (Lipinski definition) is 4. The standard InChI is InChI=1S/C11H22N8O/c12-1-3-14-9-16-10(15-4-2-13)18-11(17-9)19-5-7-20-8-6-19/h1-8,12-13H2,(H2,14,15,16,17,18). The average molecular weight is 282 g/mol. The molecule has 1 aromatic rings. The van der Waals surface area contributed by atoms with Gasteiger partial charge in [0.25, 0.3) is 0 Å². The molecule has 0 unspecified atom stereocenters. The number of anilines is 3. The Hall–Kier alpha value is -1.71. The van der Waals surface area contributed by atoms with Gasteiger partial charge in [0, 0.05) is 39.3 Å². The van der Waals surface area contributed by atoms with Gasteiger partial charge < -0.3 is 31.7 Å². The van der Waals surface area contributed by atoms with Crippen LogP contribution in [0, 0.1) is 0 Å². The number of ether oxygens (including phenoxy) is 1. The van der Waals surface area contributed by atoms with Crippen LogP contribution in [0.15, 0.2) is 0 Å². The molecule has 0 aliphatic carbocycles. The smallest absolute Gasteiger partial charge is 0.232 e. The number of morpholine rings is 1. The summed E-state index contributed by atoms with van der Waals surface area (Å²) in [7, 11) is 0. The van der Waals surface area contributed by atoms with Crippen LogP contribution in [-0.2, 0) is 4.74 Å². The SMILES string of the molecule is NCCNc1nc(NCCN)nc(N2CCOCC2)n1. The van der Waals surface area contributed by atoms with Crippen molar-refractivity contribution >= 4 is 17.8 Å². The third-order valence-corrected chi connectivity index (χ3v) is 2.77. The maximum Gasteiger partial charge on any atom is 0.232 e. The van der Waals surface area contributed by atoms with E-state index in [0.29, 0.717) is 57.2 Å². The van der Waals surface area contributed by atoms with Crippen LogP contribution in [-0.4, -0.2) is 67.4 Å². The molecule has 2 heterocycles. The largest absolute Gasteiger partial charge is 0.378 e. The second-order valence-electron chi connectivity index (χ2n) is 4.31. The molecule has 20 heavy (non-hydrogen) atoms. The van der Waals surface area contributed by atoms with Crippen molar-refractivity contribution in [1.29, 1.82) is 0 Å². The molecule has 0 aromatic carbocycles. The number of nitrogens with one attached hydrogen (secondary N) is 2. The highest BCUT2D eigenvalue weighted by molar-refractivity contribution is 5.44. The highest BCUT2D eigenvalue weighted by Gasteiger charge is 2.16. The van der Waals surface area contributed by atoms with Crippen molar-refractivity contribution < 1.29 is 4.74 Å². The number of aromatic nitrogens is 3. The number of rotatable bonds is 7. The molecule has 9 heteroatoms. The van der Waals surface area contributed by atoms with Crippen LogP contribution in [0.5, 0.6) is 0 Å². The van der Waals surface area contributed by atoms with Crippen LogP contribution in [0.1, 0.15) is 0 Å². The lowest BCUT2D eigenvalue weighted by atomic mass is 10.4. The van der Waals surface area contributed by atoms with Crippen LogP contribution in [0.2, 0.25) is 0 Å². The van der Waals surface area contributed by atoms with Crippen LogP contribution in [0.4, 0.5) is 17.8 Å². The first-order chi connectivity index (χ1) is 9.83. The van der Waals surface area contributed by atoms with Gasteiger partial charge in [0.15, 0.2) is 0 Å². The number of nitrogens with two attached hydrogens (primary N) is 2. The molecule has 1 fully saturated rings. The zero-order valence-electron chi connectivity index (χ0n) is 11.5. The lowest BCUT2D eigenvalue weighted by Crippen LogP contribution is -2.37. The normalized spacial score (nSPS) is 15.2. The van der Waals surface area contributed by atoms with Crippen LogP contribution >= 0.6 is 0 Å². The minimum atomic E-state index is 0.518. The lowest BCUT2D eigenvalue weighted by molar-refractivity contribution is 0.122. The molecule has 112 valence electrons. The number of hydrogen-bond acceptors (Lipinski definition) is 9. The summed E-state index contributed by atoms with van der Waals surface area (Å²) in [5.41, 5.74) is 11.0. The van der Waals surface area contributed by atoms with Crippen molar-refractivity contribution in [3.8, 4) is 0 Å². The summed E-state index contributed by atoms with van der Waals surface area (Å²) in [4.78, 5) is 15.2. The van der Waals surface area contributed by atoms with Gasteiger partial charge in [-0.2, -0.15) is 15.0 Å². The molecule has 0 saturated carbocycles. The van der Waals surface area contributed by atoms with Crippen LogP contribution in [0.25, 0.3) is 0 Å². The van der Waals surface area contributed by atoms with E-state index >= 15 is 0 Å². The molecule has 0 spiro atoms. The maximum atomic E-state index is 5.48. The van der Waals surface area contributed by atoms with Gasteiger partial charge in [-0.05, 0) is 0 Å². The summed E-state index contributed by atoms with van der Waals surface area (Å²) < 4.78 is 5.33. The van der Waals surface area contributed by atoms with Gasteiger partial charge in [0.2, 0.25) is 17.8 Å². The Morgan fingerprint density at radius 3 is 2.00 bits per heavy atom. The van der Waals surface area contributed by atoms with Crippen LogP contribution in [0.3, 0.4) is 0 Å². The van der Waals surface area contributed by atoms with E-state index in [1.165, 1.54) is 0 Å². The van der Waals surface area contributed by atoms with Crippen molar-refractivity contribution in [1.82, 2.24) is 15.0 Å². The lowest BCUT2D eigenvalue weighted by Gasteiger charge is -2.27. The Morgan fingerprint density at radius 1 is 0.950 bits per heavy atom. The van der Waals surface area contributed by atoms with Crippen molar-refractivity contribution in [2.45, 2.75) is 0 Å². The maximum absolute atomic E-state index is 5.48. The summed E-state index contributed by atoms with van der Waals surface area (Å²) in [5.74, 6) is 1.68. The van der Waals surface area contributed by atoms with Crippen molar-refractivity contribution in [3.63, 3.8) is 0 Å². The topological polar surface area (TPSA) is 127 Å². The van der Waals surface area contributed by atoms with E-state index in [1.807, 2.05) is 0 Å². The highest BCUT2D eigenvalue weighted by Crippen LogP contribution is 2.14. The molecule has 1 aliphatic heterocycles. The monoisotopic (exact) mass is 282 g/mol. The molecule has 2 rings (SSSR count). The Labute approximate surface area is 118 Å². The quantitative estimate of drug-likeness (QED) is 0.470. The molecule has 0 radical (unpaired) electrons. The first kappa shape index (κ1) is 14.7. The molecule has 9 nitrogen and oxygen atoms in total. The summed E-state index contributed by atoms with van der Waals surface area (Å²) in [6.45, 7) is 5.18. The molecule has 0 atom stereocenters. The van der Waals surface area contributed by atoms with Crippen molar-refractivity contribution in [2.75, 3.05) is 68.0 Å². The first-order valence-electron chi connectivity index (χ1n) is 6.80. The molecular formula is C11H22N8O. The van der Waals surface area contributed by atoms with Gasteiger partial charge >= 0.3 is 0 Å². The fourth-order valence-electron chi connectivity index (χ4n) is 1.80. The summed E-state index contributed by atoms with van der Waals surface area (Å²) in [5, 5.41) is 6.15. The van der Waals surface area contributed by atoms with E-state index in [1.54, 1.807) is 0 Å². The van der Waals surface area contributed by atoms with E-state index in [0.717, 1.165) is 13.1 Å². The van der Waals surface area contributed by atoms with Gasteiger partial charge in [-0.25, -0.2) is 0 Å².